The zero-order valence-corrected chi connectivity index (χ0v) is 14.0. The monoisotopic (exact) mass is 305 g/mol. The summed E-state index contributed by atoms with van der Waals surface area (Å²) in [6.07, 6.45) is 1.64. The Labute approximate surface area is 132 Å². The van der Waals surface area contributed by atoms with Crippen molar-refractivity contribution in [2.24, 2.45) is 0 Å². The molecule has 0 heterocycles. The highest BCUT2D eigenvalue weighted by Gasteiger charge is 2.14. The quantitative estimate of drug-likeness (QED) is 0.753. The molecular formula is C18H27NO3. The first-order valence-electron chi connectivity index (χ1n) is 7.82. The van der Waals surface area contributed by atoms with Crippen LogP contribution in [0.15, 0.2) is 24.3 Å². The predicted octanol–water partition coefficient (Wildman–Crippen LogP) is 3.81. The summed E-state index contributed by atoms with van der Waals surface area (Å²) in [7, 11) is 0. The van der Waals surface area contributed by atoms with Gasteiger partial charge in [-0.15, -0.1) is 0 Å². The second-order valence-corrected chi connectivity index (χ2v) is 6.76. The molecule has 4 heteroatoms. The molecule has 1 aromatic rings. The van der Waals surface area contributed by atoms with Crippen molar-refractivity contribution in [3.8, 4) is 0 Å². The van der Waals surface area contributed by atoms with Gasteiger partial charge in [0.2, 0.25) is 5.91 Å². The van der Waals surface area contributed by atoms with E-state index in [1.165, 1.54) is 5.56 Å². The van der Waals surface area contributed by atoms with E-state index in [1.54, 1.807) is 0 Å². The number of amides is 1. The first kappa shape index (κ1) is 18.2. The molecular weight excluding hydrogens is 278 g/mol. The van der Waals surface area contributed by atoms with Gasteiger partial charge < -0.3 is 10.4 Å². The Balaban J connectivity index is 2.46. The van der Waals surface area contributed by atoms with Crippen molar-refractivity contribution in [3.63, 3.8) is 0 Å². The molecule has 2 N–H and O–H groups in total. The molecule has 0 spiro atoms. The van der Waals surface area contributed by atoms with E-state index in [1.807, 2.05) is 6.92 Å². The molecule has 122 valence electrons. The first-order chi connectivity index (χ1) is 10.2. The lowest BCUT2D eigenvalue weighted by Crippen LogP contribution is -2.26. The second kappa shape index (κ2) is 7.97. The van der Waals surface area contributed by atoms with Gasteiger partial charge in [-0.2, -0.15) is 0 Å². The molecule has 0 bridgehead atoms. The van der Waals surface area contributed by atoms with E-state index in [2.05, 4.69) is 50.4 Å². The molecule has 0 aromatic heterocycles. The molecule has 0 fully saturated rings. The van der Waals surface area contributed by atoms with Gasteiger partial charge in [-0.3, -0.25) is 9.59 Å². The van der Waals surface area contributed by atoms with Gasteiger partial charge in [0.1, 0.15) is 0 Å². The van der Waals surface area contributed by atoms with Crippen LogP contribution in [0.5, 0.6) is 0 Å². The minimum Gasteiger partial charge on any atom is -0.481 e. The van der Waals surface area contributed by atoms with Gasteiger partial charge in [0, 0.05) is 12.8 Å². The molecule has 0 radical (unpaired) electrons. The topological polar surface area (TPSA) is 66.4 Å². The van der Waals surface area contributed by atoms with Gasteiger partial charge in [0.15, 0.2) is 0 Å². The summed E-state index contributed by atoms with van der Waals surface area (Å²) in [4.78, 5) is 22.2. The van der Waals surface area contributed by atoms with Crippen LogP contribution in [0, 0.1) is 0 Å². The number of unbranched alkanes of at least 4 members (excludes halogenated alkanes) is 1. The van der Waals surface area contributed by atoms with Crippen LogP contribution < -0.4 is 5.32 Å². The zero-order chi connectivity index (χ0) is 16.8. The van der Waals surface area contributed by atoms with Crippen LogP contribution in [-0.2, 0) is 15.0 Å². The van der Waals surface area contributed by atoms with E-state index >= 15 is 0 Å². The van der Waals surface area contributed by atoms with E-state index in [0.29, 0.717) is 19.3 Å². The highest BCUT2D eigenvalue weighted by Crippen LogP contribution is 2.23. The lowest BCUT2D eigenvalue weighted by molar-refractivity contribution is -0.137. The fraction of sp³-hybridized carbons (Fsp3) is 0.556. The summed E-state index contributed by atoms with van der Waals surface area (Å²) in [6.45, 7) is 8.47. The lowest BCUT2D eigenvalue weighted by Gasteiger charge is -2.20. The van der Waals surface area contributed by atoms with E-state index in [9.17, 15) is 9.59 Å². The van der Waals surface area contributed by atoms with Crippen LogP contribution >= 0.6 is 0 Å². The Kier molecular flexibility index (Phi) is 6.60. The van der Waals surface area contributed by atoms with Gasteiger partial charge >= 0.3 is 5.97 Å². The fourth-order valence-electron chi connectivity index (χ4n) is 2.23. The summed E-state index contributed by atoms with van der Waals surface area (Å²) >= 11 is 0. The van der Waals surface area contributed by atoms with Crippen molar-refractivity contribution >= 4 is 11.9 Å². The predicted molar refractivity (Wildman–Crippen MR) is 87.8 cm³/mol. The highest BCUT2D eigenvalue weighted by molar-refractivity contribution is 5.76. The fourth-order valence-corrected chi connectivity index (χ4v) is 2.23. The molecule has 0 aliphatic rings. The van der Waals surface area contributed by atoms with Crippen LogP contribution in [0.3, 0.4) is 0 Å². The molecule has 4 nitrogen and oxygen atoms in total. The number of carbonyl (C=O) groups excluding carboxylic acids is 1. The van der Waals surface area contributed by atoms with Gasteiger partial charge in [-0.1, -0.05) is 45.0 Å². The normalized spacial score (nSPS) is 12.7. The van der Waals surface area contributed by atoms with Gasteiger partial charge in [-0.25, -0.2) is 0 Å². The van der Waals surface area contributed by atoms with Crippen molar-refractivity contribution in [3.05, 3.63) is 35.4 Å². The summed E-state index contributed by atoms with van der Waals surface area (Å²) in [6, 6.07) is 8.27. The molecule has 1 unspecified atom stereocenters. The van der Waals surface area contributed by atoms with Crippen molar-refractivity contribution < 1.29 is 14.7 Å². The van der Waals surface area contributed by atoms with E-state index in [-0.39, 0.29) is 23.8 Å². The van der Waals surface area contributed by atoms with Crippen LogP contribution in [0.25, 0.3) is 0 Å². The zero-order valence-electron chi connectivity index (χ0n) is 14.0. The number of rotatable bonds is 7. The number of aliphatic carboxylic acids is 1. The summed E-state index contributed by atoms with van der Waals surface area (Å²) in [5, 5.41) is 11.5. The van der Waals surface area contributed by atoms with Crippen molar-refractivity contribution in [1.82, 2.24) is 5.32 Å². The second-order valence-electron chi connectivity index (χ2n) is 6.76. The molecule has 0 saturated carbocycles. The highest BCUT2D eigenvalue weighted by atomic mass is 16.4. The Morgan fingerprint density at radius 3 is 2.14 bits per heavy atom. The Hall–Kier alpha value is -1.84. The maximum absolute atomic E-state index is 11.8. The third-order valence-electron chi connectivity index (χ3n) is 3.70. The Morgan fingerprint density at radius 1 is 1.09 bits per heavy atom. The molecule has 1 amide bonds. The number of nitrogens with one attached hydrogen (secondary N) is 1. The third kappa shape index (κ3) is 6.29. The Morgan fingerprint density at radius 2 is 1.64 bits per heavy atom. The number of hydrogen-bond acceptors (Lipinski definition) is 2. The molecule has 1 aromatic carbocycles. The SMILES string of the molecule is CC(NC(=O)CCCCC(=O)O)c1ccc(C(C)(C)C)cc1. The molecule has 0 saturated heterocycles. The number of carboxylic acids is 1. The minimum absolute atomic E-state index is 0.0298. The van der Waals surface area contributed by atoms with Crippen molar-refractivity contribution in [1.29, 1.82) is 0 Å². The maximum atomic E-state index is 11.8. The van der Waals surface area contributed by atoms with Crippen molar-refractivity contribution in [2.45, 2.75) is 64.8 Å². The average Bonchev–Trinajstić information content (AvgIpc) is 2.42. The van der Waals surface area contributed by atoms with Gasteiger partial charge in [0.25, 0.3) is 0 Å². The average molecular weight is 305 g/mol. The standard InChI is InChI=1S/C18H27NO3/c1-13(19-16(20)7-5-6-8-17(21)22)14-9-11-15(12-10-14)18(2,3)4/h9-13H,5-8H2,1-4H3,(H,19,20)(H,21,22). The van der Waals surface area contributed by atoms with Gasteiger partial charge in [-0.05, 0) is 36.3 Å². The lowest BCUT2D eigenvalue weighted by atomic mass is 9.86. The number of carbonyl (C=O) groups is 2. The Bertz CT molecular complexity index is 500. The summed E-state index contributed by atoms with van der Waals surface area (Å²) < 4.78 is 0. The van der Waals surface area contributed by atoms with Gasteiger partial charge in [0.05, 0.1) is 6.04 Å². The van der Waals surface area contributed by atoms with Crippen LogP contribution in [0.4, 0.5) is 0 Å². The van der Waals surface area contributed by atoms with E-state index in [4.69, 9.17) is 5.11 Å². The molecule has 0 aliphatic heterocycles. The van der Waals surface area contributed by atoms with Crippen LogP contribution in [0.1, 0.15) is 70.5 Å². The van der Waals surface area contributed by atoms with Crippen LogP contribution in [0.2, 0.25) is 0 Å². The molecule has 0 aliphatic carbocycles. The smallest absolute Gasteiger partial charge is 0.303 e. The van der Waals surface area contributed by atoms with E-state index < -0.39 is 5.97 Å². The summed E-state index contributed by atoms with van der Waals surface area (Å²) in [5.41, 5.74) is 2.46. The molecule has 1 rings (SSSR count). The molecule has 1 atom stereocenters. The number of benzene rings is 1. The van der Waals surface area contributed by atoms with E-state index in [0.717, 1.165) is 5.56 Å². The summed E-state index contributed by atoms with van der Waals surface area (Å²) in [5.74, 6) is -0.842. The molecule has 22 heavy (non-hydrogen) atoms. The van der Waals surface area contributed by atoms with Crippen LogP contribution in [-0.4, -0.2) is 17.0 Å². The number of carboxylic acid groups (broad SMARTS) is 1. The first-order valence-corrected chi connectivity index (χ1v) is 7.82. The number of hydrogen-bond donors (Lipinski definition) is 2. The minimum atomic E-state index is -0.812. The maximum Gasteiger partial charge on any atom is 0.303 e. The third-order valence-corrected chi connectivity index (χ3v) is 3.70. The van der Waals surface area contributed by atoms with Crippen molar-refractivity contribution in [2.75, 3.05) is 0 Å². The largest absolute Gasteiger partial charge is 0.481 e.